The van der Waals surface area contributed by atoms with Gasteiger partial charge in [-0.1, -0.05) is 12.1 Å². The lowest BCUT2D eigenvalue weighted by Gasteiger charge is -2.18. The highest BCUT2D eigenvalue weighted by Gasteiger charge is 2.38. The highest BCUT2D eigenvalue weighted by atomic mass is 16.5. The zero-order chi connectivity index (χ0) is 27.7. The van der Waals surface area contributed by atoms with Crippen molar-refractivity contribution in [2.75, 3.05) is 18.6 Å². The normalized spacial score (nSPS) is 14.4. The monoisotopic (exact) mass is 512 g/mol. The molecule has 2 aromatic carbocycles. The van der Waals surface area contributed by atoms with Crippen LogP contribution in [0.3, 0.4) is 0 Å². The summed E-state index contributed by atoms with van der Waals surface area (Å²) in [4.78, 5) is 40.1. The van der Waals surface area contributed by atoms with Crippen molar-refractivity contribution < 1.29 is 23.9 Å². The number of amides is 1. The quantitative estimate of drug-likeness (QED) is 0.310. The molecule has 3 aromatic rings. The predicted molar refractivity (Wildman–Crippen MR) is 147 cm³/mol. The van der Waals surface area contributed by atoms with Crippen LogP contribution in [0.15, 0.2) is 65.4 Å². The van der Waals surface area contributed by atoms with Gasteiger partial charge < -0.3 is 14.0 Å². The van der Waals surface area contributed by atoms with E-state index in [0.717, 1.165) is 33.8 Å². The van der Waals surface area contributed by atoms with Crippen LogP contribution in [0.25, 0.3) is 11.8 Å². The third kappa shape index (κ3) is 4.67. The third-order valence-corrected chi connectivity index (χ3v) is 6.80. The first kappa shape index (κ1) is 26.7. The minimum absolute atomic E-state index is 0.212. The van der Waals surface area contributed by atoms with Crippen molar-refractivity contribution in [3.8, 4) is 5.69 Å². The molecular weight excluding hydrogens is 480 g/mol. The number of carbonyl (C=O) groups is 3. The number of rotatable bonds is 6. The molecule has 0 saturated heterocycles. The largest absolute Gasteiger partial charge is 0.465 e. The smallest absolute Gasteiger partial charge is 0.340 e. The number of ether oxygens (including phenoxy) is 2. The van der Waals surface area contributed by atoms with Crippen molar-refractivity contribution in [1.29, 1.82) is 0 Å². The van der Waals surface area contributed by atoms with Crippen molar-refractivity contribution in [3.63, 3.8) is 0 Å². The number of hydrogen-bond donors (Lipinski definition) is 0. The fourth-order valence-corrected chi connectivity index (χ4v) is 4.87. The fourth-order valence-electron chi connectivity index (χ4n) is 4.87. The second kappa shape index (κ2) is 10.5. The van der Waals surface area contributed by atoms with E-state index in [1.165, 1.54) is 12.0 Å². The average Bonchev–Trinajstić information content (AvgIpc) is 3.31. The van der Waals surface area contributed by atoms with E-state index in [2.05, 4.69) is 36.6 Å². The summed E-state index contributed by atoms with van der Waals surface area (Å²) in [6.45, 7) is 11.9. The molecule has 1 aliphatic heterocycles. The first-order valence-corrected chi connectivity index (χ1v) is 12.5. The third-order valence-electron chi connectivity index (χ3n) is 6.80. The minimum Gasteiger partial charge on any atom is -0.465 e. The van der Waals surface area contributed by atoms with Crippen LogP contribution in [-0.2, 0) is 19.1 Å². The summed E-state index contributed by atoms with van der Waals surface area (Å²) in [5, 5.41) is 0. The molecule has 0 aliphatic carbocycles. The van der Waals surface area contributed by atoms with Crippen molar-refractivity contribution in [2.24, 2.45) is 0 Å². The summed E-state index contributed by atoms with van der Waals surface area (Å²) < 4.78 is 12.3. The van der Waals surface area contributed by atoms with Gasteiger partial charge in [-0.25, -0.2) is 9.59 Å². The molecule has 7 heteroatoms. The Morgan fingerprint density at radius 3 is 2.24 bits per heavy atom. The SMILES string of the molecule is CCOC(=O)c1ccc(N2C(=O)/C(=C\c3cc(C)n(-c4cc(C)ccc4C)c3C)C(C(=O)OC)=C2C)cc1. The Kier molecular flexibility index (Phi) is 7.39. The first-order valence-electron chi connectivity index (χ1n) is 12.5. The van der Waals surface area contributed by atoms with Gasteiger partial charge in [0.25, 0.3) is 5.91 Å². The van der Waals surface area contributed by atoms with Crippen molar-refractivity contribution >= 4 is 29.6 Å². The van der Waals surface area contributed by atoms with Crippen molar-refractivity contribution in [3.05, 3.63) is 99.0 Å². The predicted octanol–water partition coefficient (Wildman–Crippen LogP) is 5.76. The molecule has 0 N–H and O–H groups in total. The number of aromatic nitrogens is 1. The number of esters is 2. The van der Waals surface area contributed by atoms with Gasteiger partial charge in [-0.3, -0.25) is 9.69 Å². The summed E-state index contributed by atoms with van der Waals surface area (Å²) in [6, 6.07) is 14.9. The van der Waals surface area contributed by atoms with Crippen molar-refractivity contribution in [2.45, 2.75) is 41.5 Å². The van der Waals surface area contributed by atoms with Gasteiger partial charge in [0.05, 0.1) is 30.4 Å². The number of benzene rings is 2. The van der Waals surface area contributed by atoms with Gasteiger partial charge in [-0.15, -0.1) is 0 Å². The molecule has 1 aromatic heterocycles. The molecule has 7 nitrogen and oxygen atoms in total. The molecule has 1 aliphatic rings. The average molecular weight is 513 g/mol. The van der Waals surface area contributed by atoms with Gasteiger partial charge in [-0.2, -0.15) is 0 Å². The summed E-state index contributed by atoms with van der Waals surface area (Å²) in [5.74, 6) is -1.37. The molecule has 0 saturated carbocycles. The second-order valence-corrected chi connectivity index (χ2v) is 9.37. The number of hydrogen-bond acceptors (Lipinski definition) is 5. The maximum absolute atomic E-state index is 13.8. The lowest BCUT2D eigenvalue weighted by atomic mass is 10.0. The molecule has 4 rings (SSSR count). The first-order chi connectivity index (χ1) is 18.1. The number of aryl methyl sites for hydroxylation is 3. The number of methoxy groups -OCH3 is 1. The second-order valence-electron chi connectivity index (χ2n) is 9.37. The summed E-state index contributed by atoms with van der Waals surface area (Å²) in [5.41, 5.74) is 8.01. The van der Waals surface area contributed by atoms with Crippen LogP contribution in [0.4, 0.5) is 5.69 Å². The van der Waals surface area contributed by atoms with Crippen LogP contribution in [0.5, 0.6) is 0 Å². The molecule has 0 bridgehead atoms. The Hall–Kier alpha value is -4.39. The number of carbonyl (C=O) groups excluding carboxylic acids is 3. The fraction of sp³-hybridized carbons (Fsp3) is 0.258. The molecular formula is C31H32N2O5. The lowest BCUT2D eigenvalue weighted by molar-refractivity contribution is -0.136. The van der Waals surface area contributed by atoms with Crippen LogP contribution in [-0.4, -0.2) is 36.1 Å². The van der Waals surface area contributed by atoms with Gasteiger partial charge in [0.15, 0.2) is 0 Å². The van der Waals surface area contributed by atoms with E-state index in [-0.39, 0.29) is 23.7 Å². The van der Waals surface area contributed by atoms with Crippen LogP contribution in [0, 0.1) is 27.7 Å². The van der Waals surface area contributed by atoms with E-state index in [0.29, 0.717) is 16.9 Å². The van der Waals surface area contributed by atoms with E-state index in [1.54, 1.807) is 44.2 Å². The van der Waals surface area contributed by atoms with Gasteiger partial charge in [-0.05, 0) is 101 Å². The van der Waals surface area contributed by atoms with Crippen LogP contribution < -0.4 is 4.90 Å². The topological polar surface area (TPSA) is 77.8 Å². The maximum atomic E-state index is 13.8. The van der Waals surface area contributed by atoms with E-state index >= 15 is 0 Å². The molecule has 0 spiro atoms. The van der Waals surface area contributed by atoms with Gasteiger partial charge >= 0.3 is 11.9 Å². The van der Waals surface area contributed by atoms with Crippen molar-refractivity contribution in [1.82, 2.24) is 4.57 Å². The van der Waals surface area contributed by atoms with E-state index < -0.39 is 11.9 Å². The van der Waals surface area contributed by atoms with Gasteiger partial charge in [0.2, 0.25) is 0 Å². The Morgan fingerprint density at radius 1 is 0.921 bits per heavy atom. The molecule has 0 fully saturated rings. The number of allylic oxidation sites excluding steroid dienone is 1. The Bertz CT molecular complexity index is 1510. The van der Waals surface area contributed by atoms with E-state index in [9.17, 15) is 14.4 Å². The molecule has 2 heterocycles. The number of anilines is 1. The van der Waals surface area contributed by atoms with Crippen LogP contribution >= 0.6 is 0 Å². The zero-order valence-electron chi connectivity index (χ0n) is 22.8. The summed E-state index contributed by atoms with van der Waals surface area (Å²) >= 11 is 0. The van der Waals surface area contributed by atoms with Crippen LogP contribution in [0.2, 0.25) is 0 Å². The molecule has 0 unspecified atom stereocenters. The summed E-state index contributed by atoms with van der Waals surface area (Å²) in [7, 11) is 1.30. The molecule has 38 heavy (non-hydrogen) atoms. The highest BCUT2D eigenvalue weighted by molar-refractivity contribution is 6.24. The molecule has 1 amide bonds. The zero-order valence-corrected chi connectivity index (χ0v) is 22.8. The Morgan fingerprint density at radius 2 is 1.61 bits per heavy atom. The number of nitrogens with zero attached hydrogens (tertiary/aromatic N) is 2. The Balaban J connectivity index is 1.80. The van der Waals surface area contributed by atoms with Gasteiger partial charge in [0, 0.05) is 28.5 Å². The van der Waals surface area contributed by atoms with Gasteiger partial charge in [0.1, 0.15) is 0 Å². The van der Waals surface area contributed by atoms with E-state index in [4.69, 9.17) is 9.47 Å². The van der Waals surface area contributed by atoms with Crippen LogP contribution in [0.1, 0.15) is 52.3 Å². The Labute approximate surface area is 223 Å². The lowest BCUT2D eigenvalue weighted by Crippen LogP contribution is -2.24. The minimum atomic E-state index is -0.587. The molecule has 196 valence electrons. The standard InChI is InChI=1S/C31H32N2O5/c1-8-38-30(35)23-11-13-25(14-12-23)33-22(6)28(31(36)37-7)26(29(33)34)17-24-16-20(4)32(21(24)5)27-15-18(2)9-10-19(27)3/h9-17H,8H2,1-7H3/b26-17-. The molecule has 0 radical (unpaired) electrons. The van der Waals surface area contributed by atoms with E-state index in [1.807, 2.05) is 19.9 Å². The highest BCUT2D eigenvalue weighted by Crippen LogP contribution is 2.36. The maximum Gasteiger partial charge on any atom is 0.340 e. The summed E-state index contributed by atoms with van der Waals surface area (Å²) in [6.07, 6.45) is 1.76. The molecule has 0 atom stereocenters.